The van der Waals surface area contributed by atoms with Gasteiger partial charge in [0.2, 0.25) is 0 Å². The summed E-state index contributed by atoms with van der Waals surface area (Å²) >= 11 is 0. The number of imidazole rings is 1. The zero-order valence-electron chi connectivity index (χ0n) is 5.50. The number of hydrogen-bond acceptors (Lipinski definition) is 2. The molecule has 0 aliphatic carbocycles. The lowest BCUT2D eigenvalue weighted by molar-refractivity contribution is 0.913. The molecule has 48 valence electrons. The van der Waals surface area contributed by atoms with Gasteiger partial charge in [-0.15, -0.1) is 0 Å². The van der Waals surface area contributed by atoms with Gasteiger partial charge in [0.1, 0.15) is 5.69 Å². The van der Waals surface area contributed by atoms with E-state index in [9.17, 15) is 0 Å². The summed E-state index contributed by atoms with van der Waals surface area (Å²) in [6.45, 7) is 0. The summed E-state index contributed by atoms with van der Waals surface area (Å²) in [6, 6.07) is 1.72. The molecule has 0 spiro atoms. The van der Waals surface area contributed by atoms with Crippen molar-refractivity contribution in [2.24, 2.45) is 7.05 Å². The lowest BCUT2D eigenvalue weighted by Crippen LogP contribution is -1.77. The summed E-state index contributed by atoms with van der Waals surface area (Å²) in [6.07, 6.45) is 3.39. The van der Waals surface area contributed by atoms with Crippen LogP contribution in [0, 0.1) is 23.2 Å². The lowest BCUT2D eigenvalue weighted by Gasteiger charge is -1.78. The molecule has 3 heteroatoms. The van der Waals surface area contributed by atoms with Crippen LogP contribution in [-0.4, -0.2) is 9.55 Å². The SMILES string of the molecule is Cn1cnc(C#CC#N)c1. The maximum absolute atomic E-state index is 8.08. The van der Waals surface area contributed by atoms with Crippen LogP contribution in [-0.2, 0) is 7.05 Å². The number of aromatic nitrogens is 2. The number of nitrogens with zero attached hydrogens (tertiary/aromatic N) is 3. The van der Waals surface area contributed by atoms with E-state index in [0.29, 0.717) is 5.69 Å². The number of rotatable bonds is 0. The van der Waals surface area contributed by atoms with Gasteiger partial charge in [0, 0.05) is 19.2 Å². The van der Waals surface area contributed by atoms with E-state index < -0.39 is 0 Å². The Morgan fingerprint density at radius 2 is 2.50 bits per heavy atom. The Hall–Kier alpha value is -1.74. The molecule has 0 saturated heterocycles. The van der Waals surface area contributed by atoms with Gasteiger partial charge in [0.15, 0.2) is 6.07 Å². The molecule has 0 amide bonds. The molecule has 1 heterocycles. The van der Waals surface area contributed by atoms with Gasteiger partial charge < -0.3 is 4.57 Å². The van der Waals surface area contributed by atoms with Crippen LogP contribution in [0.5, 0.6) is 0 Å². The highest BCUT2D eigenvalue weighted by Crippen LogP contribution is 1.88. The van der Waals surface area contributed by atoms with Crippen LogP contribution in [0.1, 0.15) is 5.69 Å². The maximum Gasteiger partial charge on any atom is 0.152 e. The lowest BCUT2D eigenvalue weighted by atomic mass is 10.5. The fourth-order valence-corrected chi connectivity index (χ4v) is 0.569. The Kier molecular flexibility index (Phi) is 1.72. The highest BCUT2D eigenvalue weighted by Gasteiger charge is 1.87. The quantitative estimate of drug-likeness (QED) is 0.475. The molecular weight excluding hydrogens is 126 g/mol. The largest absolute Gasteiger partial charge is 0.339 e. The Bertz CT molecular complexity index is 319. The molecule has 0 aromatic carbocycles. The summed E-state index contributed by atoms with van der Waals surface area (Å²) in [7, 11) is 1.85. The van der Waals surface area contributed by atoms with E-state index >= 15 is 0 Å². The minimum absolute atomic E-state index is 0.629. The molecule has 0 radical (unpaired) electrons. The second-order valence-electron chi connectivity index (χ2n) is 1.79. The first kappa shape index (κ1) is 6.38. The van der Waals surface area contributed by atoms with Gasteiger partial charge in [-0.2, -0.15) is 5.26 Å². The van der Waals surface area contributed by atoms with Crippen LogP contribution in [0.2, 0.25) is 0 Å². The van der Waals surface area contributed by atoms with Crippen LogP contribution >= 0.6 is 0 Å². The van der Waals surface area contributed by atoms with Gasteiger partial charge >= 0.3 is 0 Å². The molecule has 0 aliphatic rings. The number of aryl methyl sites for hydroxylation is 1. The van der Waals surface area contributed by atoms with E-state index in [1.807, 2.05) is 7.05 Å². The molecule has 1 aromatic rings. The molecule has 1 rings (SSSR count). The third-order valence-electron chi connectivity index (χ3n) is 0.951. The van der Waals surface area contributed by atoms with Gasteiger partial charge in [-0.1, -0.05) is 0 Å². The molecule has 0 aliphatic heterocycles. The maximum atomic E-state index is 8.08. The first-order chi connectivity index (χ1) is 4.83. The van der Waals surface area contributed by atoms with Crippen molar-refractivity contribution in [3.8, 4) is 17.9 Å². The van der Waals surface area contributed by atoms with Crippen molar-refractivity contribution in [3.05, 3.63) is 18.2 Å². The zero-order valence-corrected chi connectivity index (χ0v) is 5.50. The third kappa shape index (κ3) is 1.37. The Morgan fingerprint density at radius 1 is 1.70 bits per heavy atom. The van der Waals surface area contributed by atoms with Crippen LogP contribution in [0.25, 0.3) is 0 Å². The van der Waals surface area contributed by atoms with Crippen LogP contribution in [0.4, 0.5) is 0 Å². The Balaban J connectivity index is 2.89. The topological polar surface area (TPSA) is 41.6 Å². The molecule has 1 aromatic heterocycles. The summed E-state index contributed by atoms with van der Waals surface area (Å²) < 4.78 is 1.78. The van der Waals surface area contributed by atoms with Crippen molar-refractivity contribution in [2.75, 3.05) is 0 Å². The van der Waals surface area contributed by atoms with Gasteiger partial charge in [-0.25, -0.2) is 4.98 Å². The van der Waals surface area contributed by atoms with Gasteiger partial charge in [0.05, 0.1) is 6.33 Å². The average Bonchev–Trinajstić information content (AvgIpc) is 2.31. The van der Waals surface area contributed by atoms with Crippen molar-refractivity contribution in [2.45, 2.75) is 0 Å². The summed E-state index contributed by atoms with van der Waals surface area (Å²) in [5.41, 5.74) is 0.629. The van der Waals surface area contributed by atoms with Crippen molar-refractivity contribution >= 4 is 0 Å². The Morgan fingerprint density at radius 3 is 3.00 bits per heavy atom. The highest BCUT2D eigenvalue weighted by molar-refractivity contribution is 5.30. The molecule has 10 heavy (non-hydrogen) atoms. The first-order valence-corrected chi connectivity index (χ1v) is 2.71. The van der Waals surface area contributed by atoms with E-state index in [2.05, 4.69) is 16.8 Å². The fraction of sp³-hybridized carbons (Fsp3) is 0.143. The molecule has 0 bridgehead atoms. The minimum atomic E-state index is 0.629. The predicted molar refractivity (Wildman–Crippen MR) is 35.7 cm³/mol. The molecule has 0 N–H and O–H groups in total. The van der Waals surface area contributed by atoms with Gasteiger partial charge in [0.25, 0.3) is 0 Å². The smallest absolute Gasteiger partial charge is 0.152 e. The standard InChI is InChI=1S/C7H5N3/c1-10-5-7(9-6-10)3-2-4-8/h5-6H,1H3. The van der Waals surface area contributed by atoms with Crippen molar-refractivity contribution in [3.63, 3.8) is 0 Å². The highest BCUT2D eigenvalue weighted by atomic mass is 15.0. The molecule has 0 unspecified atom stereocenters. The second kappa shape index (κ2) is 2.70. The predicted octanol–water partition coefficient (Wildman–Crippen LogP) is 0.295. The number of nitriles is 1. The molecule has 0 saturated carbocycles. The van der Waals surface area contributed by atoms with Crippen LogP contribution in [0.15, 0.2) is 12.5 Å². The minimum Gasteiger partial charge on any atom is -0.339 e. The first-order valence-electron chi connectivity index (χ1n) is 2.71. The van der Waals surface area contributed by atoms with E-state index in [4.69, 9.17) is 5.26 Å². The van der Waals surface area contributed by atoms with E-state index in [0.717, 1.165) is 0 Å². The number of hydrogen-bond donors (Lipinski definition) is 0. The third-order valence-corrected chi connectivity index (χ3v) is 0.951. The molecule has 0 atom stereocenters. The van der Waals surface area contributed by atoms with Crippen LogP contribution in [0.3, 0.4) is 0 Å². The molecule has 0 fully saturated rings. The van der Waals surface area contributed by atoms with Gasteiger partial charge in [-0.3, -0.25) is 0 Å². The van der Waals surface area contributed by atoms with Crippen molar-refractivity contribution in [1.29, 1.82) is 5.26 Å². The van der Waals surface area contributed by atoms with E-state index in [1.54, 1.807) is 23.2 Å². The van der Waals surface area contributed by atoms with E-state index in [1.165, 1.54) is 0 Å². The molecule has 3 nitrogen and oxygen atoms in total. The summed E-state index contributed by atoms with van der Waals surface area (Å²) in [4.78, 5) is 3.89. The average molecular weight is 131 g/mol. The summed E-state index contributed by atoms with van der Waals surface area (Å²) in [5.74, 6) is 4.83. The summed E-state index contributed by atoms with van der Waals surface area (Å²) in [5, 5.41) is 8.08. The van der Waals surface area contributed by atoms with Crippen molar-refractivity contribution in [1.82, 2.24) is 9.55 Å². The van der Waals surface area contributed by atoms with Gasteiger partial charge in [-0.05, 0) is 5.92 Å². The fourth-order valence-electron chi connectivity index (χ4n) is 0.569. The zero-order chi connectivity index (χ0) is 7.40. The van der Waals surface area contributed by atoms with Crippen LogP contribution < -0.4 is 0 Å². The van der Waals surface area contributed by atoms with E-state index in [-0.39, 0.29) is 0 Å². The normalized spacial score (nSPS) is 7.60. The second-order valence-corrected chi connectivity index (χ2v) is 1.79. The Labute approximate surface area is 58.9 Å². The van der Waals surface area contributed by atoms with Crippen molar-refractivity contribution < 1.29 is 0 Å². The monoisotopic (exact) mass is 131 g/mol. The molecular formula is C7H5N3.